The van der Waals surface area contributed by atoms with Crippen molar-refractivity contribution >= 4 is 22.4 Å². The monoisotopic (exact) mass is 294 g/mol. The van der Waals surface area contributed by atoms with Gasteiger partial charge in [-0.15, -0.1) is 12.4 Å². The van der Waals surface area contributed by atoms with Crippen molar-refractivity contribution in [1.29, 1.82) is 0 Å². The predicted octanol–water partition coefficient (Wildman–Crippen LogP) is 0.608. The number of nitrogens with zero attached hydrogens (tertiary/aromatic N) is 3. The molecular formula is C10H19ClN4O2S. The maximum atomic E-state index is 12.2. The molecule has 1 atom stereocenters. The van der Waals surface area contributed by atoms with E-state index in [2.05, 4.69) is 5.10 Å². The first-order valence-corrected chi connectivity index (χ1v) is 7.15. The van der Waals surface area contributed by atoms with Crippen molar-refractivity contribution in [2.75, 3.05) is 13.1 Å². The summed E-state index contributed by atoms with van der Waals surface area (Å²) in [6, 6.07) is 0.102. The summed E-state index contributed by atoms with van der Waals surface area (Å²) < 4.78 is 27.5. The van der Waals surface area contributed by atoms with Gasteiger partial charge in [-0.2, -0.15) is 9.40 Å². The highest BCUT2D eigenvalue weighted by Gasteiger charge is 2.31. The van der Waals surface area contributed by atoms with Crippen LogP contribution in [0.1, 0.15) is 26.3 Å². The Bertz CT molecular complexity index is 500. The van der Waals surface area contributed by atoms with Crippen LogP contribution in [0, 0.1) is 0 Å². The summed E-state index contributed by atoms with van der Waals surface area (Å²) >= 11 is 0. The summed E-state index contributed by atoms with van der Waals surface area (Å²) in [6.45, 7) is 4.80. The van der Waals surface area contributed by atoms with E-state index in [0.717, 1.165) is 6.42 Å². The van der Waals surface area contributed by atoms with E-state index in [0.29, 0.717) is 13.1 Å². The zero-order valence-corrected chi connectivity index (χ0v) is 12.1. The fourth-order valence-electron chi connectivity index (χ4n) is 1.86. The molecule has 0 unspecified atom stereocenters. The molecule has 0 aliphatic carbocycles. The Morgan fingerprint density at radius 2 is 2.17 bits per heavy atom. The standard InChI is InChI=1S/C10H18N4O2S.ClH/c1-8(2)14-7-10(5-12-14)17(15,16)13-4-3-9(11)6-13;/h5,7-9H,3-4,6,11H2,1-2H3;1H/t9-;/m1./s1. The van der Waals surface area contributed by atoms with Crippen LogP contribution in [0.5, 0.6) is 0 Å². The van der Waals surface area contributed by atoms with E-state index >= 15 is 0 Å². The summed E-state index contributed by atoms with van der Waals surface area (Å²) in [5, 5.41) is 4.05. The van der Waals surface area contributed by atoms with Crippen LogP contribution in [0.25, 0.3) is 0 Å². The minimum absolute atomic E-state index is 0. The lowest BCUT2D eigenvalue weighted by molar-refractivity contribution is 0.472. The minimum atomic E-state index is -3.41. The highest BCUT2D eigenvalue weighted by Crippen LogP contribution is 2.20. The number of hydrogen-bond donors (Lipinski definition) is 1. The van der Waals surface area contributed by atoms with E-state index in [-0.39, 0.29) is 29.4 Å². The van der Waals surface area contributed by atoms with E-state index in [1.54, 1.807) is 10.9 Å². The Hall–Kier alpha value is -0.630. The molecule has 104 valence electrons. The van der Waals surface area contributed by atoms with Gasteiger partial charge in [0.1, 0.15) is 4.90 Å². The van der Waals surface area contributed by atoms with Gasteiger partial charge in [-0.1, -0.05) is 0 Å². The van der Waals surface area contributed by atoms with Gasteiger partial charge in [0, 0.05) is 31.4 Å². The molecule has 18 heavy (non-hydrogen) atoms. The van der Waals surface area contributed by atoms with Crippen LogP contribution in [0.3, 0.4) is 0 Å². The summed E-state index contributed by atoms with van der Waals surface area (Å²) in [7, 11) is -3.41. The predicted molar refractivity (Wildman–Crippen MR) is 71.2 cm³/mol. The molecule has 1 fully saturated rings. The summed E-state index contributed by atoms with van der Waals surface area (Å²) in [6.07, 6.45) is 3.70. The fourth-order valence-corrected chi connectivity index (χ4v) is 3.31. The topological polar surface area (TPSA) is 81.2 Å². The van der Waals surface area contributed by atoms with Crippen LogP contribution in [0.2, 0.25) is 0 Å². The highest BCUT2D eigenvalue weighted by molar-refractivity contribution is 7.89. The van der Waals surface area contributed by atoms with Crippen LogP contribution in [-0.4, -0.2) is 41.6 Å². The van der Waals surface area contributed by atoms with Crippen LogP contribution in [0.4, 0.5) is 0 Å². The van der Waals surface area contributed by atoms with Gasteiger partial charge in [-0.3, -0.25) is 4.68 Å². The van der Waals surface area contributed by atoms with Crippen molar-refractivity contribution in [3.05, 3.63) is 12.4 Å². The molecular weight excluding hydrogens is 276 g/mol. The van der Waals surface area contributed by atoms with Crippen molar-refractivity contribution in [3.63, 3.8) is 0 Å². The van der Waals surface area contributed by atoms with Crippen molar-refractivity contribution in [2.24, 2.45) is 5.73 Å². The lowest BCUT2D eigenvalue weighted by Crippen LogP contribution is -2.31. The van der Waals surface area contributed by atoms with Crippen molar-refractivity contribution in [3.8, 4) is 0 Å². The van der Waals surface area contributed by atoms with Gasteiger partial charge in [0.25, 0.3) is 0 Å². The van der Waals surface area contributed by atoms with E-state index in [1.807, 2.05) is 13.8 Å². The van der Waals surface area contributed by atoms with Gasteiger partial charge in [-0.25, -0.2) is 8.42 Å². The molecule has 1 aliphatic heterocycles. The molecule has 2 heterocycles. The molecule has 1 aromatic rings. The lowest BCUT2D eigenvalue weighted by Gasteiger charge is -2.14. The van der Waals surface area contributed by atoms with Crippen LogP contribution >= 0.6 is 12.4 Å². The third-order valence-electron chi connectivity index (χ3n) is 2.93. The Balaban J connectivity index is 0.00000162. The molecule has 2 N–H and O–H groups in total. The van der Waals surface area contributed by atoms with E-state index in [4.69, 9.17) is 5.73 Å². The number of hydrogen-bond acceptors (Lipinski definition) is 4. The third-order valence-corrected chi connectivity index (χ3v) is 4.75. The van der Waals surface area contributed by atoms with Gasteiger partial charge in [0.05, 0.1) is 6.20 Å². The minimum Gasteiger partial charge on any atom is -0.326 e. The number of rotatable bonds is 3. The Morgan fingerprint density at radius 3 is 2.61 bits per heavy atom. The van der Waals surface area contributed by atoms with Crippen molar-refractivity contribution in [1.82, 2.24) is 14.1 Å². The average molecular weight is 295 g/mol. The molecule has 0 saturated carbocycles. The zero-order chi connectivity index (χ0) is 12.6. The summed E-state index contributed by atoms with van der Waals surface area (Å²) in [4.78, 5) is 0.250. The maximum absolute atomic E-state index is 12.2. The number of halogens is 1. The van der Waals surface area contributed by atoms with E-state index in [1.165, 1.54) is 10.5 Å². The van der Waals surface area contributed by atoms with Crippen LogP contribution in [0.15, 0.2) is 17.3 Å². The zero-order valence-electron chi connectivity index (χ0n) is 10.5. The third kappa shape index (κ3) is 2.85. The number of aromatic nitrogens is 2. The molecule has 1 aromatic heterocycles. The first-order chi connectivity index (χ1) is 7.91. The van der Waals surface area contributed by atoms with E-state index in [9.17, 15) is 8.42 Å². The first kappa shape index (κ1) is 15.4. The Labute approximate surface area is 114 Å². The second kappa shape index (κ2) is 5.56. The lowest BCUT2D eigenvalue weighted by atomic mass is 10.3. The second-order valence-corrected chi connectivity index (χ2v) is 6.60. The summed E-state index contributed by atoms with van der Waals surface area (Å²) in [5.74, 6) is 0. The van der Waals surface area contributed by atoms with Crippen LogP contribution < -0.4 is 5.73 Å². The fraction of sp³-hybridized carbons (Fsp3) is 0.700. The van der Waals surface area contributed by atoms with Crippen LogP contribution in [-0.2, 0) is 10.0 Å². The van der Waals surface area contributed by atoms with E-state index < -0.39 is 10.0 Å². The quantitative estimate of drug-likeness (QED) is 0.885. The van der Waals surface area contributed by atoms with Gasteiger partial charge in [-0.05, 0) is 20.3 Å². The maximum Gasteiger partial charge on any atom is 0.246 e. The van der Waals surface area contributed by atoms with Gasteiger partial charge in [0.2, 0.25) is 10.0 Å². The Kier molecular flexibility index (Phi) is 4.77. The van der Waals surface area contributed by atoms with Gasteiger partial charge in [0.15, 0.2) is 0 Å². The molecule has 0 spiro atoms. The van der Waals surface area contributed by atoms with Gasteiger partial charge >= 0.3 is 0 Å². The molecule has 8 heteroatoms. The highest BCUT2D eigenvalue weighted by atomic mass is 35.5. The normalized spacial score (nSPS) is 21.2. The molecule has 2 rings (SSSR count). The number of sulfonamides is 1. The first-order valence-electron chi connectivity index (χ1n) is 5.71. The molecule has 0 bridgehead atoms. The largest absolute Gasteiger partial charge is 0.326 e. The molecule has 1 aliphatic rings. The smallest absolute Gasteiger partial charge is 0.246 e. The van der Waals surface area contributed by atoms with Crippen molar-refractivity contribution < 1.29 is 8.42 Å². The number of nitrogens with two attached hydrogens (primary N) is 1. The second-order valence-electron chi connectivity index (χ2n) is 4.66. The SMILES string of the molecule is CC(C)n1cc(S(=O)(=O)N2CC[C@@H](N)C2)cn1.Cl. The Morgan fingerprint density at radius 1 is 1.50 bits per heavy atom. The molecule has 0 radical (unpaired) electrons. The molecule has 6 nitrogen and oxygen atoms in total. The van der Waals surface area contributed by atoms with Crippen molar-refractivity contribution in [2.45, 2.75) is 37.2 Å². The molecule has 0 amide bonds. The molecule has 0 aromatic carbocycles. The van der Waals surface area contributed by atoms with Gasteiger partial charge < -0.3 is 5.73 Å². The molecule has 1 saturated heterocycles. The average Bonchev–Trinajstić information content (AvgIpc) is 2.85. The summed E-state index contributed by atoms with van der Waals surface area (Å²) in [5.41, 5.74) is 5.73.